The molecule has 0 spiro atoms. The summed E-state index contributed by atoms with van der Waals surface area (Å²) in [6.07, 6.45) is 6.13. The zero-order valence-electron chi connectivity index (χ0n) is 11.9. The van der Waals surface area contributed by atoms with Crippen LogP contribution in [0.4, 0.5) is 0 Å². The highest BCUT2D eigenvalue weighted by Gasteiger charge is 2.25. The van der Waals surface area contributed by atoms with Gasteiger partial charge in [0.05, 0.1) is 5.69 Å². The van der Waals surface area contributed by atoms with Gasteiger partial charge in [-0.15, -0.1) is 5.10 Å². The minimum atomic E-state index is -0.00213. The molecule has 108 valence electrons. The first-order valence-corrected chi connectivity index (χ1v) is 7.24. The summed E-state index contributed by atoms with van der Waals surface area (Å²) in [6, 6.07) is 10.3. The Morgan fingerprint density at radius 1 is 1.14 bits per heavy atom. The molecule has 0 aliphatic heterocycles. The Labute approximate surface area is 123 Å². The molecule has 5 heteroatoms. The standard InChI is InChI=1S/C16H19N5/c17-16(18)21-20-14-8-4-3-7-13(14)15-12-6-2-1-5-11(12)9-10-19-15/h1-2,5-6,9-10,13H,3-4,7-8H2,(H4,17,18,21)/b20-14-/t13-/m1/s1. The van der Waals surface area contributed by atoms with E-state index in [0.717, 1.165) is 30.7 Å². The number of nitrogens with two attached hydrogens (primary N) is 2. The number of hydrogen-bond donors (Lipinski definition) is 2. The largest absolute Gasteiger partial charge is 0.369 e. The smallest absolute Gasteiger partial charge is 0.211 e. The van der Waals surface area contributed by atoms with Gasteiger partial charge >= 0.3 is 0 Å². The van der Waals surface area contributed by atoms with Gasteiger partial charge in [0, 0.05) is 23.2 Å². The fourth-order valence-electron chi connectivity index (χ4n) is 2.95. The van der Waals surface area contributed by atoms with Crippen LogP contribution in [0.25, 0.3) is 10.8 Å². The lowest BCUT2D eigenvalue weighted by molar-refractivity contribution is 0.604. The molecular weight excluding hydrogens is 262 g/mol. The summed E-state index contributed by atoms with van der Waals surface area (Å²) in [4.78, 5) is 4.62. The predicted octanol–water partition coefficient (Wildman–Crippen LogP) is 2.52. The van der Waals surface area contributed by atoms with E-state index >= 15 is 0 Å². The lowest BCUT2D eigenvalue weighted by Gasteiger charge is -2.24. The van der Waals surface area contributed by atoms with Crippen LogP contribution in [-0.4, -0.2) is 16.7 Å². The third kappa shape index (κ3) is 2.86. The minimum Gasteiger partial charge on any atom is -0.369 e. The van der Waals surface area contributed by atoms with E-state index in [4.69, 9.17) is 11.5 Å². The lowest BCUT2D eigenvalue weighted by Crippen LogP contribution is -2.23. The van der Waals surface area contributed by atoms with Gasteiger partial charge in [-0.25, -0.2) is 0 Å². The van der Waals surface area contributed by atoms with Gasteiger partial charge < -0.3 is 11.5 Å². The fraction of sp³-hybridized carbons (Fsp3) is 0.312. The van der Waals surface area contributed by atoms with Gasteiger partial charge in [-0.1, -0.05) is 30.7 Å². The van der Waals surface area contributed by atoms with Gasteiger partial charge in [0.2, 0.25) is 5.96 Å². The van der Waals surface area contributed by atoms with Gasteiger partial charge in [-0.2, -0.15) is 5.10 Å². The van der Waals surface area contributed by atoms with Crippen LogP contribution in [0.15, 0.2) is 46.7 Å². The molecule has 0 radical (unpaired) electrons. The van der Waals surface area contributed by atoms with Crippen LogP contribution in [0.2, 0.25) is 0 Å². The lowest BCUT2D eigenvalue weighted by atomic mass is 9.83. The summed E-state index contributed by atoms with van der Waals surface area (Å²) in [5, 5.41) is 10.5. The van der Waals surface area contributed by atoms with Crippen LogP contribution in [0.5, 0.6) is 0 Å². The number of aromatic nitrogens is 1. The van der Waals surface area contributed by atoms with Crippen LogP contribution < -0.4 is 11.5 Å². The normalized spacial score (nSPS) is 20.6. The average molecular weight is 281 g/mol. The minimum absolute atomic E-state index is 0.00213. The Morgan fingerprint density at radius 3 is 2.86 bits per heavy atom. The Hall–Kier alpha value is -2.43. The third-order valence-electron chi connectivity index (χ3n) is 3.91. The summed E-state index contributed by atoms with van der Waals surface area (Å²) in [5.74, 6) is 0.200. The van der Waals surface area contributed by atoms with E-state index in [1.165, 1.54) is 17.2 Å². The second-order valence-electron chi connectivity index (χ2n) is 5.33. The first-order valence-electron chi connectivity index (χ1n) is 7.24. The van der Waals surface area contributed by atoms with E-state index in [-0.39, 0.29) is 11.9 Å². The first kappa shape index (κ1) is 13.5. The van der Waals surface area contributed by atoms with E-state index in [1.54, 1.807) is 0 Å². The van der Waals surface area contributed by atoms with Crippen molar-refractivity contribution in [2.24, 2.45) is 21.7 Å². The number of fused-ring (bicyclic) bond motifs is 1. The molecule has 0 saturated heterocycles. The van der Waals surface area contributed by atoms with Crippen molar-refractivity contribution < 1.29 is 0 Å². The van der Waals surface area contributed by atoms with Crippen LogP contribution in [0.3, 0.4) is 0 Å². The molecule has 5 nitrogen and oxygen atoms in total. The van der Waals surface area contributed by atoms with Crippen molar-refractivity contribution in [2.75, 3.05) is 0 Å². The average Bonchev–Trinajstić information content (AvgIpc) is 2.53. The maximum atomic E-state index is 5.39. The number of guanidine groups is 1. The Morgan fingerprint density at radius 2 is 2.00 bits per heavy atom. The molecule has 1 atom stereocenters. The van der Waals surface area contributed by atoms with Crippen molar-refractivity contribution in [3.8, 4) is 0 Å². The zero-order valence-corrected chi connectivity index (χ0v) is 11.9. The summed E-state index contributed by atoms with van der Waals surface area (Å²) in [5.41, 5.74) is 12.9. The highest BCUT2D eigenvalue weighted by atomic mass is 15.3. The van der Waals surface area contributed by atoms with Crippen molar-refractivity contribution in [3.63, 3.8) is 0 Å². The Kier molecular flexibility index (Phi) is 3.81. The molecular formula is C16H19N5. The first-order chi connectivity index (χ1) is 10.3. The summed E-state index contributed by atoms with van der Waals surface area (Å²) in [6.45, 7) is 0. The van der Waals surface area contributed by atoms with E-state index < -0.39 is 0 Å². The quantitative estimate of drug-likeness (QED) is 0.503. The van der Waals surface area contributed by atoms with E-state index in [9.17, 15) is 0 Å². The predicted molar refractivity (Wildman–Crippen MR) is 86.2 cm³/mol. The molecule has 21 heavy (non-hydrogen) atoms. The second kappa shape index (κ2) is 5.91. The molecule has 0 unspecified atom stereocenters. The molecule has 1 heterocycles. The van der Waals surface area contributed by atoms with Crippen LogP contribution in [0, 0.1) is 0 Å². The summed E-state index contributed by atoms with van der Waals surface area (Å²) in [7, 11) is 0. The zero-order chi connectivity index (χ0) is 14.7. The van der Waals surface area contributed by atoms with Crippen molar-refractivity contribution >= 4 is 22.4 Å². The van der Waals surface area contributed by atoms with Gasteiger partial charge in [0.25, 0.3) is 0 Å². The monoisotopic (exact) mass is 281 g/mol. The summed E-state index contributed by atoms with van der Waals surface area (Å²) >= 11 is 0. The molecule has 0 amide bonds. The molecule has 1 saturated carbocycles. The third-order valence-corrected chi connectivity index (χ3v) is 3.91. The van der Waals surface area contributed by atoms with Crippen molar-refractivity contribution in [1.29, 1.82) is 0 Å². The number of nitrogens with zero attached hydrogens (tertiary/aromatic N) is 3. The number of rotatable bonds is 2. The molecule has 0 bridgehead atoms. The van der Waals surface area contributed by atoms with E-state index in [0.29, 0.717) is 0 Å². The number of pyridine rings is 1. The molecule has 1 aromatic heterocycles. The number of benzene rings is 1. The van der Waals surface area contributed by atoms with E-state index in [2.05, 4.69) is 27.3 Å². The maximum Gasteiger partial charge on any atom is 0.211 e. The van der Waals surface area contributed by atoms with Crippen LogP contribution in [-0.2, 0) is 0 Å². The Balaban J connectivity index is 2.06. The maximum absolute atomic E-state index is 5.39. The van der Waals surface area contributed by atoms with Crippen molar-refractivity contribution in [3.05, 3.63) is 42.2 Å². The molecule has 2 aromatic rings. The Bertz CT molecular complexity index is 695. The van der Waals surface area contributed by atoms with Gasteiger partial charge in [0.15, 0.2) is 0 Å². The molecule has 1 aromatic carbocycles. The van der Waals surface area contributed by atoms with Crippen molar-refractivity contribution in [1.82, 2.24) is 4.98 Å². The van der Waals surface area contributed by atoms with Gasteiger partial charge in [-0.3, -0.25) is 4.98 Å². The van der Waals surface area contributed by atoms with Gasteiger partial charge in [0.1, 0.15) is 0 Å². The topological polar surface area (TPSA) is 89.7 Å². The second-order valence-corrected chi connectivity index (χ2v) is 5.33. The summed E-state index contributed by atoms with van der Waals surface area (Å²) < 4.78 is 0. The van der Waals surface area contributed by atoms with Crippen molar-refractivity contribution in [2.45, 2.75) is 31.6 Å². The molecule has 1 aliphatic carbocycles. The number of hydrogen-bond acceptors (Lipinski definition) is 3. The van der Waals surface area contributed by atoms with Crippen LogP contribution in [0.1, 0.15) is 37.3 Å². The van der Waals surface area contributed by atoms with E-state index in [1.807, 2.05) is 24.4 Å². The highest BCUT2D eigenvalue weighted by molar-refractivity contribution is 5.96. The molecule has 4 N–H and O–H groups in total. The molecule has 3 rings (SSSR count). The molecule has 1 aliphatic rings. The van der Waals surface area contributed by atoms with Crippen LogP contribution >= 0.6 is 0 Å². The molecule has 1 fully saturated rings. The SMILES string of the molecule is NC(N)=N/N=C1/CCCC[C@H]1c1nccc2ccccc12. The highest BCUT2D eigenvalue weighted by Crippen LogP contribution is 2.33. The fourth-order valence-corrected chi connectivity index (χ4v) is 2.95. The van der Waals surface area contributed by atoms with Gasteiger partial charge in [-0.05, 0) is 30.7 Å².